The highest BCUT2D eigenvalue weighted by atomic mass is 16.5. The van der Waals surface area contributed by atoms with Crippen molar-refractivity contribution in [3.63, 3.8) is 0 Å². The fourth-order valence-electron chi connectivity index (χ4n) is 4.01. The Bertz CT molecular complexity index is 1030. The third kappa shape index (κ3) is 4.70. The minimum atomic E-state index is -0.740. The Morgan fingerprint density at radius 3 is 2.45 bits per heavy atom. The maximum atomic E-state index is 12.6. The molecule has 1 unspecified atom stereocenters. The molecule has 0 aromatic heterocycles. The molecular weight excluding hydrogens is 426 g/mol. The summed E-state index contributed by atoms with van der Waals surface area (Å²) < 4.78 is 10.5. The van der Waals surface area contributed by atoms with E-state index in [0.717, 1.165) is 16.3 Å². The number of ether oxygens (including phenoxy) is 2. The smallest absolute Gasteiger partial charge is 0.326 e. The largest absolute Gasteiger partial charge is 0.493 e. The molecule has 0 bridgehead atoms. The summed E-state index contributed by atoms with van der Waals surface area (Å²) in [6.07, 6.45) is 0.0575. The molecule has 33 heavy (non-hydrogen) atoms. The van der Waals surface area contributed by atoms with Crippen molar-refractivity contribution in [1.29, 1.82) is 0 Å². The Kier molecular flexibility index (Phi) is 6.64. The number of rotatable bonds is 8. The van der Waals surface area contributed by atoms with E-state index in [4.69, 9.17) is 9.47 Å². The van der Waals surface area contributed by atoms with Crippen molar-refractivity contribution in [3.05, 3.63) is 54.1 Å². The van der Waals surface area contributed by atoms with E-state index < -0.39 is 18.1 Å². The minimum Gasteiger partial charge on any atom is -0.493 e. The Balaban J connectivity index is 1.34. The van der Waals surface area contributed by atoms with Crippen LogP contribution < -0.4 is 25.1 Å². The summed E-state index contributed by atoms with van der Waals surface area (Å²) in [6, 6.07) is 15.2. The number of methoxy groups -OCH3 is 2. The van der Waals surface area contributed by atoms with Gasteiger partial charge >= 0.3 is 11.8 Å². The van der Waals surface area contributed by atoms with E-state index in [1.54, 1.807) is 14.2 Å². The second-order valence-electron chi connectivity index (χ2n) is 7.71. The number of nitrogens with one attached hydrogen (secondary N) is 2. The molecule has 0 saturated carbocycles. The van der Waals surface area contributed by atoms with E-state index in [1.807, 2.05) is 53.4 Å². The fraction of sp³-hybridized carbons (Fsp3) is 0.348. The van der Waals surface area contributed by atoms with E-state index in [-0.39, 0.29) is 12.5 Å². The second-order valence-corrected chi connectivity index (χ2v) is 7.71. The Morgan fingerprint density at radius 1 is 1.00 bits per heavy atom. The van der Waals surface area contributed by atoms with Crippen LogP contribution in [0.3, 0.4) is 0 Å². The number of carbonyl (C=O) groups is 3. The van der Waals surface area contributed by atoms with Crippen LogP contribution in [-0.4, -0.2) is 74.3 Å². The maximum Gasteiger partial charge on any atom is 0.326 e. The Morgan fingerprint density at radius 2 is 1.73 bits per heavy atom. The summed E-state index contributed by atoms with van der Waals surface area (Å²) in [5.41, 5.74) is 4.93. The third-order valence-corrected chi connectivity index (χ3v) is 5.71. The number of amides is 3. The normalized spacial score (nSPS) is 17.8. The molecular formula is C23H27N5O5. The van der Waals surface area contributed by atoms with Gasteiger partial charge in [-0.05, 0) is 36.2 Å². The van der Waals surface area contributed by atoms with Gasteiger partial charge in [-0.2, -0.15) is 5.43 Å². The van der Waals surface area contributed by atoms with Gasteiger partial charge in [-0.3, -0.25) is 24.3 Å². The maximum absolute atomic E-state index is 12.6. The van der Waals surface area contributed by atoms with Crippen molar-refractivity contribution >= 4 is 23.4 Å². The van der Waals surface area contributed by atoms with Crippen molar-refractivity contribution in [3.8, 4) is 11.5 Å². The molecule has 0 aliphatic carbocycles. The first-order valence-electron chi connectivity index (χ1n) is 10.7. The van der Waals surface area contributed by atoms with E-state index in [0.29, 0.717) is 37.6 Å². The molecule has 10 heteroatoms. The van der Waals surface area contributed by atoms with Gasteiger partial charge in [0.15, 0.2) is 17.8 Å². The quantitative estimate of drug-likeness (QED) is 0.556. The summed E-state index contributed by atoms with van der Waals surface area (Å²) in [5.74, 6) is -0.462. The Labute approximate surface area is 192 Å². The molecule has 2 aliphatic rings. The SMILES string of the molecule is COc1ccc(CCNC(=O)CN2NC3N(CCN3c3ccccc3)C(=O)C2=O)cc1OC. The summed E-state index contributed by atoms with van der Waals surface area (Å²) >= 11 is 0. The number of hydrazine groups is 1. The van der Waals surface area contributed by atoms with Crippen LogP contribution in [0.5, 0.6) is 11.5 Å². The lowest BCUT2D eigenvalue weighted by molar-refractivity contribution is -0.163. The van der Waals surface area contributed by atoms with Crippen LogP contribution in [0.2, 0.25) is 0 Å². The van der Waals surface area contributed by atoms with Crippen molar-refractivity contribution in [2.24, 2.45) is 0 Å². The molecule has 2 heterocycles. The molecule has 174 valence electrons. The lowest BCUT2D eigenvalue weighted by Gasteiger charge is -2.40. The molecule has 1 atom stereocenters. The highest BCUT2D eigenvalue weighted by molar-refractivity contribution is 6.35. The minimum absolute atomic E-state index is 0.260. The molecule has 2 N–H and O–H groups in total. The second kappa shape index (κ2) is 9.78. The fourth-order valence-corrected chi connectivity index (χ4v) is 4.01. The standard InChI is InChI=1S/C23H27N5O5/c1-32-18-9-8-16(14-19(18)33-2)10-11-24-20(29)15-28-22(31)21(30)27-13-12-26(23(27)25-28)17-6-4-3-5-7-17/h3-9,14,23,25H,10-13,15H2,1-2H3,(H,24,29). The average molecular weight is 453 g/mol. The predicted octanol–water partition coefficient (Wildman–Crippen LogP) is 0.342. The topological polar surface area (TPSA) is 103 Å². The number of benzene rings is 2. The van der Waals surface area contributed by atoms with E-state index in [2.05, 4.69) is 10.7 Å². The highest BCUT2D eigenvalue weighted by Gasteiger charge is 2.45. The van der Waals surface area contributed by atoms with E-state index >= 15 is 0 Å². The molecule has 2 fully saturated rings. The van der Waals surface area contributed by atoms with Gasteiger partial charge in [0.2, 0.25) is 5.91 Å². The monoisotopic (exact) mass is 453 g/mol. The zero-order chi connectivity index (χ0) is 23.4. The van der Waals surface area contributed by atoms with Crippen LogP contribution in [0.25, 0.3) is 0 Å². The molecule has 4 rings (SSSR count). The highest BCUT2D eigenvalue weighted by Crippen LogP contribution is 2.27. The number of anilines is 1. The van der Waals surface area contributed by atoms with Crippen molar-refractivity contribution < 1.29 is 23.9 Å². The molecule has 2 saturated heterocycles. The molecule has 0 radical (unpaired) electrons. The van der Waals surface area contributed by atoms with Gasteiger partial charge in [-0.1, -0.05) is 24.3 Å². The van der Waals surface area contributed by atoms with Gasteiger partial charge in [0.05, 0.1) is 14.2 Å². The van der Waals surface area contributed by atoms with Crippen LogP contribution in [0.1, 0.15) is 5.56 Å². The first kappa shape index (κ1) is 22.4. The predicted molar refractivity (Wildman–Crippen MR) is 120 cm³/mol. The van der Waals surface area contributed by atoms with E-state index in [1.165, 1.54) is 4.90 Å². The first-order valence-corrected chi connectivity index (χ1v) is 10.7. The zero-order valence-corrected chi connectivity index (χ0v) is 18.6. The molecule has 10 nitrogen and oxygen atoms in total. The zero-order valence-electron chi connectivity index (χ0n) is 18.6. The van der Waals surface area contributed by atoms with Gasteiger partial charge in [0, 0.05) is 25.3 Å². The van der Waals surface area contributed by atoms with Crippen molar-refractivity contribution in [1.82, 2.24) is 20.7 Å². The van der Waals surface area contributed by atoms with Gasteiger partial charge in [-0.25, -0.2) is 0 Å². The summed E-state index contributed by atoms with van der Waals surface area (Å²) in [6.45, 7) is 1.13. The molecule has 2 aliphatic heterocycles. The van der Waals surface area contributed by atoms with Crippen LogP contribution >= 0.6 is 0 Å². The lowest BCUT2D eigenvalue weighted by Crippen LogP contribution is -2.68. The summed E-state index contributed by atoms with van der Waals surface area (Å²) in [5, 5.41) is 3.89. The Hall–Kier alpha value is -3.79. The number of carbonyl (C=O) groups excluding carboxylic acids is 3. The van der Waals surface area contributed by atoms with Gasteiger partial charge < -0.3 is 19.7 Å². The molecule has 3 amide bonds. The van der Waals surface area contributed by atoms with Crippen molar-refractivity contribution in [2.45, 2.75) is 12.7 Å². The van der Waals surface area contributed by atoms with E-state index in [9.17, 15) is 14.4 Å². The molecule has 0 spiro atoms. The third-order valence-electron chi connectivity index (χ3n) is 5.71. The van der Waals surface area contributed by atoms with Gasteiger partial charge in [0.1, 0.15) is 6.54 Å². The summed E-state index contributed by atoms with van der Waals surface area (Å²) in [4.78, 5) is 41.1. The average Bonchev–Trinajstić information content (AvgIpc) is 3.26. The number of hydrogen-bond donors (Lipinski definition) is 2. The number of nitrogens with zero attached hydrogens (tertiary/aromatic N) is 3. The molecule has 2 aromatic rings. The first-order chi connectivity index (χ1) is 16.0. The number of para-hydroxylation sites is 1. The summed E-state index contributed by atoms with van der Waals surface area (Å²) in [7, 11) is 3.14. The lowest BCUT2D eigenvalue weighted by atomic mass is 10.1. The van der Waals surface area contributed by atoms with Crippen LogP contribution in [0, 0.1) is 0 Å². The molecule has 2 aromatic carbocycles. The van der Waals surface area contributed by atoms with Crippen LogP contribution in [0.4, 0.5) is 5.69 Å². The van der Waals surface area contributed by atoms with Gasteiger partial charge in [0.25, 0.3) is 0 Å². The number of fused-ring (bicyclic) bond motifs is 1. The van der Waals surface area contributed by atoms with Crippen molar-refractivity contribution in [2.75, 3.05) is 45.3 Å². The van der Waals surface area contributed by atoms with Crippen LogP contribution in [0.15, 0.2) is 48.5 Å². The number of hydrogen-bond acceptors (Lipinski definition) is 7. The van der Waals surface area contributed by atoms with Gasteiger partial charge in [-0.15, -0.1) is 0 Å². The van der Waals surface area contributed by atoms with Crippen LogP contribution in [-0.2, 0) is 20.8 Å².